The number of ether oxygens (including phenoxy) is 1. The Morgan fingerprint density at radius 2 is 1.81 bits per heavy atom. The Kier molecular flexibility index (Phi) is 2.97. The first-order valence-corrected chi connectivity index (χ1v) is 7.11. The largest absolute Gasteiger partial charge is 0.393 e. The van der Waals surface area contributed by atoms with Gasteiger partial charge in [-0.05, 0) is 56.8 Å². The molecular formula is C14H24O2. The van der Waals surface area contributed by atoms with Gasteiger partial charge in [-0.15, -0.1) is 0 Å². The van der Waals surface area contributed by atoms with E-state index in [1.54, 1.807) is 0 Å². The molecule has 1 spiro atoms. The minimum atomic E-state index is -0.0195. The lowest BCUT2D eigenvalue weighted by Gasteiger charge is -2.50. The van der Waals surface area contributed by atoms with Crippen molar-refractivity contribution in [1.29, 1.82) is 0 Å². The minimum absolute atomic E-state index is 0.0195. The van der Waals surface area contributed by atoms with Crippen molar-refractivity contribution in [3.8, 4) is 0 Å². The molecule has 2 aliphatic carbocycles. The Labute approximate surface area is 98.4 Å². The van der Waals surface area contributed by atoms with Gasteiger partial charge in [-0.25, -0.2) is 0 Å². The molecule has 2 saturated carbocycles. The van der Waals surface area contributed by atoms with Crippen molar-refractivity contribution in [2.75, 3.05) is 6.61 Å². The third kappa shape index (κ3) is 1.91. The van der Waals surface area contributed by atoms with E-state index in [-0.39, 0.29) is 11.7 Å². The molecule has 1 aliphatic heterocycles. The molecule has 2 nitrogen and oxygen atoms in total. The van der Waals surface area contributed by atoms with Gasteiger partial charge in [0.2, 0.25) is 0 Å². The molecule has 1 heterocycles. The van der Waals surface area contributed by atoms with Crippen molar-refractivity contribution in [3.05, 3.63) is 0 Å². The van der Waals surface area contributed by atoms with Crippen LogP contribution in [0.4, 0.5) is 0 Å². The molecular weight excluding hydrogens is 200 g/mol. The van der Waals surface area contributed by atoms with Gasteiger partial charge in [-0.2, -0.15) is 0 Å². The second-order valence-corrected chi connectivity index (χ2v) is 6.15. The molecule has 3 fully saturated rings. The highest BCUT2D eigenvalue weighted by atomic mass is 16.5. The lowest BCUT2D eigenvalue weighted by atomic mass is 9.66. The molecule has 0 amide bonds. The zero-order valence-electron chi connectivity index (χ0n) is 10.2. The first kappa shape index (κ1) is 11.0. The second-order valence-electron chi connectivity index (χ2n) is 6.15. The summed E-state index contributed by atoms with van der Waals surface area (Å²) in [5.41, 5.74) is 0.250. The topological polar surface area (TPSA) is 29.5 Å². The van der Waals surface area contributed by atoms with E-state index < -0.39 is 0 Å². The van der Waals surface area contributed by atoms with Crippen LogP contribution in [0.25, 0.3) is 0 Å². The molecule has 16 heavy (non-hydrogen) atoms. The van der Waals surface area contributed by atoms with Gasteiger partial charge in [0.25, 0.3) is 0 Å². The Bertz CT molecular complexity index is 247. The van der Waals surface area contributed by atoms with Gasteiger partial charge in [0.15, 0.2) is 0 Å². The molecule has 3 unspecified atom stereocenters. The minimum Gasteiger partial charge on any atom is -0.393 e. The predicted octanol–water partition coefficient (Wildman–Crippen LogP) is 2.89. The van der Waals surface area contributed by atoms with Crippen LogP contribution in [0.5, 0.6) is 0 Å². The average molecular weight is 224 g/mol. The summed E-state index contributed by atoms with van der Waals surface area (Å²) < 4.78 is 5.98. The van der Waals surface area contributed by atoms with Crippen LogP contribution in [0.2, 0.25) is 0 Å². The van der Waals surface area contributed by atoms with Gasteiger partial charge in [0, 0.05) is 6.61 Å². The first-order chi connectivity index (χ1) is 7.79. The standard InChI is InChI=1S/C14H24O2/c15-13-5-2-1-4-12(13)11-6-9-16-14(10-11)7-3-8-14/h11-13,15H,1-10H2. The molecule has 1 saturated heterocycles. The van der Waals surface area contributed by atoms with Gasteiger partial charge < -0.3 is 9.84 Å². The van der Waals surface area contributed by atoms with E-state index in [2.05, 4.69) is 0 Å². The lowest BCUT2D eigenvalue weighted by Crippen LogP contribution is -2.48. The highest BCUT2D eigenvalue weighted by Gasteiger charge is 2.45. The summed E-state index contributed by atoms with van der Waals surface area (Å²) in [6.07, 6.45) is 11.1. The van der Waals surface area contributed by atoms with Crippen LogP contribution in [-0.2, 0) is 4.74 Å². The molecule has 3 aliphatic rings. The number of hydrogen-bond acceptors (Lipinski definition) is 2. The summed E-state index contributed by atoms with van der Waals surface area (Å²) in [5.74, 6) is 1.32. The van der Waals surface area contributed by atoms with E-state index in [0.717, 1.165) is 18.9 Å². The van der Waals surface area contributed by atoms with E-state index in [1.807, 2.05) is 0 Å². The van der Waals surface area contributed by atoms with Crippen molar-refractivity contribution in [3.63, 3.8) is 0 Å². The van der Waals surface area contributed by atoms with Crippen LogP contribution in [0.1, 0.15) is 57.8 Å². The SMILES string of the molecule is OC1CCCCC1C1CCOC2(CCC2)C1. The van der Waals surface area contributed by atoms with Gasteiger partial charge in [-0.3, -0.25) is 0 Å². The highest BCUT2D eigenvalue weighted by Crippen LogP contribution is 2.48. The fourth-order valence-electron chi connectivity index (χ4n) is 4.04. The normalized spacial score (nSPS) is 42.9. The summed E-state index contributed by atoms with van der Waals surface area (Å²) >= 11 is 0. The predicted molar refractivity (Wildman–Crippen MR) is 63.2 cm³/mol. The quantitative estimate of drug-likeness (QED) is 0.742. The van der Waals surface area contributed by atoms with E-state index in [0.29, 0.717) is 5.92 Å². The Morgan fingerprint density at radius 3 is 2.50 bits per heavy atom. The van der Waals surface area contributed by atoms with Crippen LogP contribution in [-0.4, -0.2) is 23.4 Å². The summed E-state index contributed by atoms with van der Waals surface area (Å²) in [5, 5.41) is 10.1. The molecule has 1 N–H and O–H groups in total. The zero-order chi connectivity index (χ0) is 11.0. The van der Waals surface area contributed by atoms with E-state index in [1.165, 1.54) is 51.4 Å². The van der Waals surface area contributed by atoms with Crippen molar-refractivity contribution in [2.45, 2.75) is 69.5 Å². The Morgan fingerprint density at radius 1 is 1.00 bits per heavy atom. The number of hydrogen-bond donors (Lipinski definition) is 1. The molecule has 2 heteroatoms. The molecule has 0 aromatic heterocycles. The average Bonchev–Trinajstić information content (AvgIpc) is 2.28. The molecule has 0 bridgehead atoms. The Balaban J connectivity index is 1.64. The van der Waals surface area contributed by atoms with Crippen molar-refractivity contribution >= 4 is 0 Å². The van der Waals surface area contributed by atoms with Crippen LogP contribution < -0.4 is 0 Å². The summed E-state index contributed by atoms with van der Waals surface area (Å²) in [6.45, 7) is 0.938. The number of aliphatic hydroxyl groups is 1. The zero-order valence-corrected chi connectivity index (χ0v) is 10.2. The third-order valence-electron chi connectivity index (χ3n) is 5.18. The van der Waals surface area contributed by atoms with Crippen molar-refractivity contribution in [2.24, 2.45) is 11.8 Å². The monoisotopic (exact) mass is 224 g/mol. The van der Waals surface area contributed by atoms with Crippen molar-refractivity contribution < 1.29 is 9.84 Å². The fraction of sp³-hybridized carbons (Fsp3) is 1.00. The van der Waals surface area contributed by atoms with Gasteiger partial charge in [0.1, 0.15) is 0 Å². The third-order valence-corrected chi connectivity index (χ3v) is 5.18. The molecule has 0 aromatic rings. The van der Waals surface area contributed by atoms with Gasteiger partial charge >= 0.3 is 0 Å². The highest BCUT2D eigenvalue weighted by molar-refractivity contribution is 4.96. The molecule has 3 rings (SSSR count). The number of rotatable bonds is 1. The van der Waals surface area contributed by atoms with Crippen molar-refractivity contribution in [1.82, 2.24) is 0 Å². The summed E-state index contributed by atoms with van der Waals surface area (Å²) in [7, 11) is 0. The van der Waals surface area contributed by atoms with E-state index in [9.17, 15) is 5.11 Å². The molecule has 0 aromatic carbocycles. The first-order valence-electron chi connectivity index (χ1n) is 7.11. The van der Waals surface area contributed by atoms with Gasteiger partial charge in [-0.1, -0.05) is 12.8 Å². The Hall–Kier alpha value is -0.0800. The van der Waals surface area contributed by atoms with Crippen LogP contribution in [0.3, 0.4) is 0 Å². The van der Waals surface area contributed by atoms with E-state index in [4.69, 9.17) is 4.74 Å². The smallest absolute Gasteiger partial charge is 0.0685 e. The van der Waals surface area contributed by atoms with E-state index >= 15 is 0 Å². The fourth-order valence-corrected chi connectivity index (χ4v) is 4.04. The maximum atomic E-state index is 10.1. The molecule has 92 valence electrons. The van der Waals surface area contributed by atoms with Crippen LogP contribution in [0.15, 0.2) is 0 Å². The maximum Gasteiger partial charge on any atom is 0.0685 e. The lowest BCUT2D eigenvalue weighted by molar-refractivity contribution is -0.158. The molecule has 3 atom stereocenters. The molecule has 0 radical (unpaired) electrons. The summed E-state index contributed by atoms with van der Waals surface area (Å²) in [6, 6.07) is 0. The van der Waals surface area contributed by atoms with Crippen LogP contribution in [0, 0.1) is 11.8 Å². The van der Waals surface area contributed by atoms with Gasteiger partial charge in [0.05, 0.1) is 11.7 Å². The second kappa shape index (κ2) is 4.30. The number of aliphatic hydroxyl groups excluding tert-OH is 1. The maximum absolute atomic E-state index is 10.1. The van der Waals surface area contributed by atoms with Crippen LogP contribution >= 0.6 is 0 Å². The summed E-state index contributed by atoms with van der Waals surface area (Å²) in [4.78, 5) is 0.